The molecule has 8 nitrogen and oxygen atoms in total. The highest BCUT2D eigenvalue weighted by Crippen LogP contribution is 2.33. The van der Waals surface area contributed by atoms with Crippen LogP contribution in [-0.2, 0) is 6.54 Å². The number of nitrogens with two attached hydrogens (primary N) is 1. The van der Waals surface area contributed by atoms with E-state index in [1.807, 2.05) is 38.1 Å². The lowest BCUT2D eigenvalue weighted by molar-refractivity contribution is 0.411. The molecule has 39 heavy (non-hydrogen) atoms. The predicted octanol–water partition coefficient (Wildman–Crippen LogP) is 3.48. The number of fused-ring (bicyclic) bond motifs is 2. The number of hydrogen-bond donors (Lipinski definition) is 1. The van der Waals surface area contributed by atoms with Gasteiger partial charge < -0.3 is 10.5 Å². The van der Waals surface area contributed by atoms with Crippen molar-refractivity contribution in [1.29, 1.82) is 0 Å². The first-order chi connectivity index (χ1) is 18.9. The van der Waals surface area contributed by atoms with Crippen LogP contribution in [0.2, 0.25) is 0 Å². The van der Waals surface area contributed by atoms with Crippen LogP contribution < -0.4 is 26.5 Å². The molecule has 9 heteroatoms. The summed E-state index contributed by atoms with van der Waals surface area (Å²) in [5.74, 6) is 0.117. The van der Waals surface area contributed by atoms with Crippen LogP contribution in [0, 0.1) is 12.7 Å². The second kappa shape index (κ2) is 9.50. The van der Waals surface area contributed by atoms with E-state index >= 15 is 0 Å². The van der Waals surface area contributed by atoms with E-state index in [2.05, 4.69) is 22.1 Å². The van der Waals surface area contributed by atoms with Crippen LogP contribution in [0.3, 0.4) is 0 Å². The molecule has 0 saturated carbocycles. The highest BCUT2D eigenvalue weighted by molar-refractivity contribution is 5.98. The predicted molar refractivity (Wildman–Crippen MR) is 150 cm³/mol. The zero-order valence-corrected chi connectivity index (χ0v) is 21.9. The number of nitrogens with zero attached hydrogens (tertiary/aromatic N) is 5. The van der Waals surface area contributed by atoms with E-state index in [9.17, 15) is 9.18 Å². The van der Waals surface area contributed by atoms with Crippen LogP contribution in [0.15, 0.2) is 59.7 Å². The van der Waals surface area contributed by atoms with Crippen molar-refractivity contribution >= 4 is 28.5 Å². The van der Waals surface area contributed by atoms with Gasteiger partial charge in [0.05, 0.1) is 24.7 Å². The van der Waals surface area contributed by atoms with Crippen molar-refractivity contribution in [1.82, 2.24) is 24.3 Å². The van der Waals surface area contributed by atoms with Crippen molar-refractivity contribution in [2.24, 2.45) is 0 Å². The summed E-state index contributed by atoms with van der Waals surface area (Å²) in [7, 11) is 1.48. The minimum atomic E-state index is -0.465. The van der Waals surface area contributed by atoms with E-state index < -0.39 is 5.82 Å². The number of nitrogen functional groups attached to an aromatic ring is 1. The summed E-state index contributed by atoms with van der Waals surface area (Å²) in [5.41, 5.74) is 11.2. The van der Waals surface area contributed by atoms with Gasteiger partial charge in [-0.2, -0.15) is 5.10 Å². The SMILES string of the molecule is COc1cc(F)cc(-c2nn(Cc3cc4c(c(=O)n3-c3ccccc3C)=C(C)CCC=4)c3ncnc(N)c23)c1. The summed E-state index contributed by atoms with van der Waals surface area (Å²) in [4.78, 5) is 22.7. The molecule has 196 valence electrons. The zero-order chi connectivity index (χ0) is 27.3. The Hall–Kier alpha value is -4.79. The molecule has 1 aliphatic carbocycles. The average Bonchev–Trinajstić information content (AvgIpc) is 3.29. The van der Waals surface area contributed by atoms with E-state index in [0.717, 1.165) is 45.8 Å². The summed E-state index contributed by atoms with van der Waals surface area (Å²) >= 11 is 0. The van der Waals surface area contributed by atoms with Gasteiger partial charge in [0.2, 0.25) is 0 Å². The molecule has 3 heterocycles. The summed E-state index contributed by atoms with van der Waals surface area (Å²) < 4.78 is 23.2. The number of halogens is 1. The molecule has 0 amide bonds. The van der Waals surface area contributed by atoms with Gasteiger partial charge in [0.1, 0.15) is 29.4 Å². The minimum Gasteiger partial charge on any atom is -0.497 e. The molecule has 0 atom stereocenters. The maximum atomic E-state index is 14.4. The van der Waals surface area contributed by atoms with E-state index in [1.54, 1.807) is 15.3 Å². The standard InChI is InChI=1S/C30H27FN6O2/c1-17-7-4-5-10-24(17)37-22(12-19-9-6-8-18(2)25(19)30(37)38)15-36-29-26(28(32)33-16-34-29)27(35-36)20-11-21(31)14-23(13-20)39-3/h4-5,7,9-14,16H,6,8,15H2,1-3H3,(H2,32,33,34). The monoisotopic (exact) mass is 522 g/mol. The van der Waals surface area contributed by atoms with Crippen LogP contribution >= 0.6 is 0 Å². The largest absolute Gasteiger partial charge is 0.497 e. The van der Waals surface area contributed by atoms with Crippen LogP contribution in [0.5, 0.6) is 5.75 Å². The highest BCUT2D eigenvalue weighted by Gasteiger charge is 2.21. The number of methoxy groups -OCH3 is 1. The molecular formula is C30H27FN6O2. The summed E-state index contributed by atoms with van der Waals surface area (Å²) in [6.07, 6.45) is 5.22. The molecule has 2 aromatic carbocycles. The zero-order valence-electron chi connectivity index (χ0n) is 21.9. The van der Waals surface area contributed by atoms with E-state index in [-0.39, 0.29) is 17.9 Å². The summed E-state index contributed by atoms with van der Waals surface area (Å²) in [6, 6.07) is 14.2. The lowest BCUT2D eigenvalue weighted by Crippen LogP contribution is -2.48. The molecule has 2 N–H and O–H groups in total. The molecule has 0 unspecified atom stereocenters. The average molecular weight is 523 g/mol. The van der Waals surface area contributed by atoms with Gasteiger partial charge in [-0.3, -0.25) is 9.36 Å². The molecular weight excluding hydrogens is 495 g/mol. The van der Waals surface area contributed by atoms with E-state index in [0.29, 0.717) is 28.0 Å². The highest BCUT2D eigenvalue weighted by atomic mass is 19.1. The summed E-state index contributed by atoms with van der Waals surface area (Å²) in [6.45, 7) is 4.23. The van der Waals surface area contributed by atoms with E-state index in [4.69, 9.17) is 15.6 Å². The van der Waals surface area contributed by atoms with Gasteiger partial charge in [-0.05, 0) is 61.7 Å². The van der Waals surface area contributed by atoms with Gasteiger partial charge in [0.15, 0.2) is 5.65 Å². The Morgan fingerprint density at radius 3 is 2.72 bits per heavy atom. The normalized spacial score (nSPS) is 12.9. The Kier molecular flexibility index (Phi) is 5.98. The number of ether oxygens (including phenoxy) is 1. The number of hydrogen-bond acceptors (Lipinski definition) is 6. The van der Waals surface area contributed by atoms with Gasteiger partial charge in [-0.1, -0.05) is 29.8 Å². The molecule has 6 rings (SSSR count). The van der Waals surface area contributed by atoms with Gasteiger partial charge in [-0.25, -0.2) is 19.0 Å². The van der Waals surface area contributed by atoms with Crippen molar-refractivity contribution in [3.8, 4) is 22.7 Å². The van der Waals surface area contributed by atoms with Crippen molar-refractivity contribution < 1.29 is 9.13 Å². The van der Waals surface area contributed by atoms with Crippen LogP contribution in [-0.4, -0.2) is 31.4 Å². The quantitative estimate of drug-likeness (QED) is 0.379. The molecule has 0 spiro atoms. The Morgan fingerprint density at radius 2 is 1.92 bits per heavy atom. The first kappa shape index (κ1) is 24.5. The second-order valence-electron chi connectivity index (χ2n) is 9.76. The number of benzene rings is 2. The lowest BCUT2D eigenvalue weighted by Gasteiger charge is -2.18. The van der Waals surface area contributed by atoms with Crippen molar-refractivity contribution in [3.63, 3.8) is 0 Å². The third-order valence-corrected chi connectivity index (χ3v) is 7.23. The first-order valence-electron chi connectivity index (χ1n) is 12.7. The smallest absolute Gasteiger partial charge is 0.263 e. The molecule has 5 aromatic rings. The number of anilines is 1. The van der Waals surface area contributed by atoms with Crippen molar-refractivity contribution in [2.45, 2.75) is 33.2 Å². The molecule has 3 aromatic heterocycles. The molecule has 1 aliphatic rings. The molecule has 0 fully saturated rings. The van der Waals surface area contributed by atoms with Crippen LogP contribution in [0.1, 0.15) is 31.0 Å². The second-order valence-corrected chi connectivity index (χ2v) is 9.76. The third-order valence-electron chi connectivity index (χ3n) is 7.23. The number of pyridine rings is 1. The molecule has 0 radical (unpaired) electrons. The number of rotatable bonds is 5. The topological polar surface area (TPSA) is 101 Å². The summed E-state index contributed by atoms with van der Waals surface area (Å²) in [5, 5.41) is 7.00. The fourth-order valence-corrected chi connectivity index (χ4v) is 5.35. The number of aromatic nitrogens is 5. The Morgan fingerprint density at radius 1 is 1.10 bits per heavy atom. The first-order valence-corrected chi connectivity index (χ1v) is 12.7. The fraction of sp³-hybridized carbons (Fsp3) is 0.200. The minimum absolute atomic E-state index is 0.0639. The van der Waals surface area contributed by atoms with Gasteiger partial charge in [0.25, 0.3) is 5.56 Å². The number of para-hydroxylation sites is 1. The Balaban J connectivity index is 1.62. The van der Waals surface area contributed by atoms with Crippen molar-refractivity contribution in [3.05, 3.63) is 92.7 Å². The van der Waals surface area contributed by atoms with E-state index in [1.165, 1.54) is 25.6 Å². The Bertz CT molecular complexity index is 1960. The third kappa shape index (κ3) is 4.16. The molecule has 0 bridgehead atoms. The van der Waals surface area contributed by atoms with Crippen LogP contribution in [0.25, 0.3) is 39.6 Å². The lowest BCUT2D eigenvalue weighted by atomic mass is 10.0. The number of aryl methyl sites for hydroxylation is 1. The fourth-order valence-electron chi connectivity index (χ4n) is 5.35. The van der Waals surface area contributed by atoms with Gasteiger partial charge in [0, 0.05) is 22.5 Å². The maximum absolute atomic E-state index is 14.4. The van der Waals surface area contributed by atoms with Gasteiger partial charge >= 0.3 is 0 Å². The molecule has 0 aliphatic heterocycles. The maximum Gasteiger partial charge on any atom is 0.263 e. The Labute approximate surface area is 223 Å². The van der Waals surface area contributed by atoms with Gasteiger partial charge in [-0.15, -0.1) is 0 Å². The molecule has 0 saturated heterocycles. The van der Waals surface area contributed by atoms with Crippen LogP contribution in [0.4, 0.5) is 10.2 Å². The van der Waals surface area contributed by atoms with Crippen molar-refractivity contribution in [2.75, 3.05) is 12.8 Å².